The Kier molecular flexibility index (Phi) is 5.07. The molecule has 29 heavy (non-hydrogen) atoms. The summed E-state index contributed by atoms with van der Waals surface area (Å²) in [5.41, 5.74) is 3.03. The molecule has 1 unspecified atom stereocenters. The number of hydrogen-bond donors (Lipinski definition) is 3. The predicted molar refractivity (Wildman–Crippen MR) is 108 cm³/mol. The molecular formula is C21H23N5O3. The standard InChI is InChI=1S/C21H23N5O3/c1-25-9-4-5-15(25)13-23-19(27)11-18-20(28)26(21(29)24-18)10-8-14-12-22-17-7-3-2-6-16(14)17/h2-7,9,12,18,22H,8,10-11,13H2,1H3,(H,23,27)(H,24,29). The molecule has 1 atom stereocenters. The summed E-state index contributed by atoms with van der Waals surface area (Å²) in [7, 11) is 1.90. The zero-order chi connectivity index (χ0) is 20.4. The third-order valence-electron chi connectivity index (χ3n) is 5.29. The van der Waals surface area contributed by atoms with E-state index in [0.29, 0.717) is 13.0 Å². The highest BCUT2D eigenvalue weighted by atomic mass is 16.2. The number of aromatic nitrogens is 2. The maximum Gasteiger partial charge on any atom is 0.324 e. The quantitative estimate of drug-likeness (QED) is 0.533. The van der Waals surface area contributed by atoms with Gasteiger partial charge in [-0.15, -0.1) is 0 Å². The number of hydrogen-bond acceptors (Lipinski definition) is 3. The van der Waals surface area contributed by atoms with E-state index in [9.17, 15) is 14.4 Å². The van der Waals surface area contributed by atoms with Crippen LogP contribution in [0.5, 0.6) is 0 Å². The van der Waals surface area contributed by atoms with E-state index in [1.54, 1.807) is 0 Å². The largest absolute Gasteiger partial charge is 0.361 e. The van der Waals surface area contributed by atoms with E-state index >= 15 is 0 Å². The molecular weight excluding hydrogens is 370 g/mol. The zero-order valence-electron chi connectivity index (χ0n) is 16.1. The molecule has 0 saturated carbocycles. The fraction of sp³-hybridized carbons (Fsp3) is 0.286. The van der Waals surface area contributed by atoms with Gasteiger partial charge in [0.2, 0.25) is 5.91 Å². The van der Waals surface area contributed by atoms with Crippen molar-refractivity contribution in [2.24, 2.45) is 7.05 Å². The first-order valence-electron chi connectivity index (χ1n) is 9.56. The van der Waals surface area contributed by atoms with Crippen molar-refractivity contribution in [1.29, 1.82) is 0 Å². The molecule has 8 nitrogen and oxygen atoms in total. The van der Waals surface area contributed by atoms with Crippen molar-refractivity contribution in [3.05, 3.63) is 60.0 Å². The second kappa shape index (κ2) is 7.83. The van der Waals surface area contributed by atoms with Gasteiger partial charge in [0, 0.05) is 42.6 Å². The van der Waals surface area contributed by atoms with Crippen LogP contribution in [0.4, 0.5) is 4.79 Å². The van der Waals surface area contributed by atoms with E-state index in [1.165, 1.54) is 4.90 Å². The van der Waals surface area contributed by atoms with Crippen LogP contribution < -0.4 is 10.6 Å². The minimum Gasteiger partial charge on any atom is -0.361 e. The maximum absolute atomic E-state index is 12.6. The molecule has 1 fully saturated rings. The van der Waals surface area contributed by atoms with Crippen LogP contribution in [0.25, 0.3) is 10.9 Å². The van der Waals surface area contributed by atoms with Gasteiger partial charge in [-0.05, 0) is 30.2 Å². The number of H-pyrrole nitrogens is 1. The fourth-order valence-electron chi connectivity index (χ4n) is 3.62. The van der Waals surface area contributed by atoms with E-state index in [2.05, 4.69) is 15.6 Å². The lowest BCUT2D eigenvalue weighted by Crippen LogP contribution is -2.36. The van der Waals surface area contributed by atoms with Crippen LogP contribution in [0.1, 0.15) is 17.7 Å². The normalized spacial score (nSPS) is 16.4. The van der Waals surface area contributed by atoms with Crippen LogP contribution in [-0.4, -0.2) is 44.9 Å². The Morgan fingerprint density at radius 2 is 2.00 bits per heavy atom. The first kappa shape index (κ1) is 18.8. The number of aryl methyl sites for hydroxylation is 1. The molecule has 3 N–H and O–H groups in total. The number of rotatable bonds is 7. The zero-order valence-corrected chi connectivity index (χ0v) is 16.1. The van der Waals surface area contributed by atoms with Gasteiger partial charge in [-0.3, -0.25) is 14.5 Å². The summed E-state index contributed by atoms with van der Waals surface area (Å²) in [6.45, 7) is 0.648. The number of aromatic amines is 1. The van der Waals surface area contributed by atoms with E-state index in [1.807, 2.05) is 60.4 Å². The fourth-order valence-corrected chi connectivity index (χ4v) is 3.62. The number of benzene rings is 1. The Morgan fingerprint density at radius 1 is 1.17 bits per heavy atom. The molecule has 0 bridgehead atoms. The van der Waals surface area contributed by atoms with Crippen molar-refractivity contribution >= 4 is 28.7 Å². The van der Waals surface area contributed by atoms with Crippen LogP contribution in [0, 0.1) is 0 Å². The molecule has 4 amide bonds. The molecule has 0 radical (unpaired) electrons. The second-order valence-electron chi connectivity index (χ2n) is 7.19. The highest BCUT2D eigenvalue weighted by Gasteiger charge is 2.38. The summed E-state index contributed by atoms with van der Waals surface area (Å²) in [5.74, 6) is -0.632. The number of imide groups is 1. The molecule has 3 aromatic rings. The van der Waals surface area contributed by atoms with Gasteiger partial charge in [0.25, 0.3) is 5.91 Å². The van der Waals surface area contributed by atoms with Crippen LogP contribution in [0.2, 0.25) is 0 Å². The minimum atomic E-state index is -0.820. The van der Waals surface area contributed by atoms with Crippen LogP contribution >= 0.6 is 0 Å². The lowest BCUT2D eigenvalue weighted by atomic mass is 10.1. The van der Waals surface area contributed by atoms with Gasteiger partial charge in [-0.2, -0.15) is 0 Å². The SMILES string of the molecule is Cn1cccc1CNC(=O)CC1NC(=O)N(CCc2c[nH]c3ccccc23)C1=O. The van der Waals surface area contributed by atoms with E-state index in [0.717, 1.165) is 22.2 Å². The number of nitrogens with zero attached hydrogens (tertiary/aromatic N) is 2. The highest BCUT2D eigenvalue weighted by Crippen LogP contribution is 2.19. The van der Waals surface area contributed by atoms with Crippen molar-refractivity contribution in [3.8, 4) is 0 Å². The molecule has 1 aromatic carbocycles. The Labute approximate surface area is 167 Å². The van der Waals surface area contributed by atoms with Crippen molar-refractivity contribution in [2.75, 3.05) is 6.54 Å². The molecule has 4 rings (SSSR count). The summed E-state index contributed by atoms with van der Waals surface area (Å²) in [4.78, 5) is 41.4. The van der Waals surface area contributed by atoms with Crippen molar-refractivity contribution in [2.45, 2.75) is 25.4 Å². The molecule has 1 aliphatic heterocycles. The first-order chi connectivity index (χ1) is 14.0. The molecule has 3 heterocycles. The van der Waals surface area contributed by atoms with Gasteiger partial charge >= 0.3 is 6.03 Å². The molecule has 150 valence electrons. The van der Waals surface area contributed by atoms with Crippen molar-refractivity contribution in [3.63, 3.8) is 0 Å². The summed E-state index contributed by atoms with van der Waals surface area (Å²) < 4.78 is 1.91. The number of urea groups is 1. The molecule has 0 aliphatic carbocycles. The molecule has 2 aromatic heterocycles. The van der Waals surface area contributed by atoms with Gasteiger partial charge in [-0.25, -0.2) is 4.79 Å². The van der Waals surface area contributed by atoms with Crippen molar-refractivity contribution < 1.29 is 14.4 Å². The third kappa shape index (κ3) is 3.87. The lowest BCUT2D eigenvalue weighted by molar-refractivity contribution is -0.130. The molecule has 1 saturated heterocycles. The first-order valence-corrected chi connectivity index (χ1v) is 9.56. The van der Waals surface area contributed by atoms with Crippen molar-refractivity contribution in [1.82, 2.24) is 25.1 Å². The summed E-state index contributed by atoms with van der Waals surface area (Å²) >= 11 is 0. The Hall–Kier alpha value is -3.55. The van der Waals surface area contributed by atoms with Gasteiger partial charge in [0.05, 0.1) is 13.0 Å². The third-order valence-corrected chi connectivity index (χ3v) is 5.29. The molecule has 8 heteroatoms. The number of amides is 4. The Morgan fingerprint density at radius 3 is 2.79 bits per heavy atom. The number of carbonyl (C=O) groups is 3. The highest BCUT2D eigenvalue weighted by molar-refractivity contribution is 6.05. The van der Waals surface area contributed by atoms with E-state index in [4.69, 9.17) is 0 Å². The van der Waals surface area contributed by atoms with E-state index < -0.39 is 12.1 Å². The molecule has 1 aliphatic rings. The summed E-state index contributed by atoms with van der Waals surface area (Å²) in [5, 5.41) is 6.49. The minimum absolute atomic E-state index is 0.0709. The number of nitrogens with one attached hydrogen (secondary N) is 3. The van der Waals surface area contributed by atoms with Gasteiger partial charge in [0.1, 0.15) is 6.04 Å². The van der Waals surface area contributed by atoms with Crippen LogP contribution in [0.15, 0.2) is 48.8 Å². The predicted octanol–water partition coefficient (Wildman–Crippen LogP) is 1.68. The average molecular weight is 393 g/mol. The maximum atomic E-state index is 12.6. The number of carbonyl (C=O) groups excluding carboxylic acids is 3. The topological polar surface area (TPSA) is 99.2 Å². The van der Waals surface area contributed by atoms with Gasteiger partial charge in [-0.1, -0.05) is 18.2 Å². The number of para-hydroxylation sites is 1. The number of fused-ring (bicyclic) bond motifs is 1. The van der Waals surface area contributed by atoms with E-state index in [-0.39, 0.29) is 24.8 Å². The molecule has 0 spiro atoms. The van der Waals surface area contributed by atoms with Gasteiger partial charge < -0.3 is 20.2 Å². The summed E-state index contributed by atoms with van der Waals surface area (Å²) in [6.07, 6.45) is 4.28. The smallest absolute Gasteiger partial charge is 0.324 e. The Bertz CT molecular complexity index is 1070. The lowest BCUT2D eigenvalue weighted by Gasteiger charge is -2.13. The van der Waals surface area contributed by atoms with Gasteiger partial charge in [0.15, 0.2) is 0 Å². The summed E-state index contributed by atoms with van der Waals surface area (Å²) in [6, 6.07) is 10.4. The monoisotopic (exact) mass is 393 g/mol. The Balaban J connectivity index is 1.32. The van der Waals surface area contributed by atoms with Crippen LogP contribution in [-0.2, 0) is 29.6 Å². The average Bonchev–Trinajstić information content (AvgIpc) is 3.38. The van der Waals surface area contributed by atoms with Crippen LogP contribution in [0.3, 0.4) is 0 Å². The second-order valence-corrected chi connectivity index (χ2v) is 7.19.